The summed E-state index contributed by atoms with van der Waals surface area (Å²) in [7, 11) is 0. The maximum Gasteiger partial charge on any atom is 0.342 e. The zero-order chi connectivity index (χ0) is 15.4. The number of aromatic carboxylic acids is 1. The maximum absolute atomic E-state index is 11.7. The second-order valence-electron chi connectivity index (χ2n) is 4.61. The molecule has 0 amide bonds. The van der Waals surface area contributed by atoms with Crippen LogP contribution in [-0.4, -0.2) is 27.1 Å². The third-order valence-electron chi connectivity index (χ3n) is 3.07. The molecule has 1 atom stereocenters. The van der Waals surface area contributed by atoms with E-state index in [4.69, 9.17) is 9.84 Å². The molecule has 6 nitrogen and oxygen atoms in total. The molecule has 0 aliphatic heterocycles. The first-order chi connectivity index (χ1) is 10.0. The molecule has 0 fully saturated rings. The van der Waals surface area contributed by atoms with Gasteiger partial charge >= 0.3 is 5.97 Å². The first-order valence-corrected chi connectivity index (χ1v) is 6.61. The Hall–Kier alpha value is -2.63. The van der Waals surface area contributed by atoms with Crippen LogP contribution in [0.2, 0.25) is 0 Å². The minimum Gasteiger partial charge on any atom is -0.490 e. The highest BCUT2D eigenvalue weighted by Gasteiger charge is 2.14. The molecule has 0 aliphatic rings. The van der Waals surface area contributed by atoms with Gasteiger partial charge in [-0.3, -0.25) is 4.79 Å². The number of H-pyrrole nitrogens is 1. The molecule has 21 heavy (non-hydrogen) atoms. The number of nitrogens with zero attached hydrogens (tertiary/aromatic N) is 1. The fourth-order valence-electron chi connectivity index (χ4n) is 1.75. The van der Waals surface area contributed by atoms with Crippen molar-refractivity contribution >= 4 is 5.97 Å². The highest BCUT2D eigenvalue weighted by atomic mass is 16.5. The lowest BCUT2D eigenvalue weighted by atomic mass is 10.1. The molecule has 2 aromatic rings. The standard InChI is InChI=1S/C15H16N2O4/c1-3-9(2)21-12-7-5-4-6-10(12)13-16-8-11(15(19)20)14(18)17-13/h4-9H,3H2,1-2H3,(H,19,20)(H,16,17,18)/t9-/m0/s1. The van der Waals surface area contributed by atoms with Crippen LogP contribution in [0.25, 0.3) is 11.4 Å². The van der Waals surface area contributed by atoms with Crippen LogP contribution in [-0.2, 0) is 0 Å². The summed E-state index contributed by atoms with van der Waals surface area (Å²) < 4.78 is 5.79. The van der Waals surface area contributed by atoms with Crippen molar-refractivity contribution < 1.29 is 14.6 Å². The third-order valence-corrected chi connectivity index (χ3v) is 3.07. The first-order valence-electron chi connectivity index (χ1n) is 6.61. The molecule has 1 aromatic heterocycles. The number of hydrogen-bond acceptors (Lipinski definition) is 4. The molecule has 1 heterocycles. The fraction of sp³-hybridized carbons (Fsp3) is 0.267. The van der Waals surface area contributed by atoms with Gasteiger partial charge in [-0.1, -0.05) is 19.1 Å². The van der Waals surface area contributed by atoms with Crippen molar-refractivity contribution in [3.63, 3.8) is 0 Å². The number of aromatic nitrogens is 2. The Morgan fingerprint density at radius 2 is 2.14 bits per heavy atom. The van der Waals surface area contributed by atoms with Crippen LogP contribution in [0.5, 0.6) is 5.75 Å². The molecule has 110 valence electrons. The lowest BCUT2D eigenvalue weighted by Crippen LogP contribution is -2.19. The molecule has 0 aliphatic carbocycles. The second kappa shape index (κ2) is 6.21. The number of aromatic amines is 1. The Morgan fingerprint density at radius 1 is 1.43 bits per heavy atom. The number of carboxylic acids is 1. The molecule has 1 aromatic carbocycles. The number of nitrogens with one attached hydrogen (secondary N) is 1. The normalized spacial score (nSPS) is 11.9. The van der Waals surface area contributed by atoms with Gasteiger partial charge in [0, 0.05) is 6.20 Å². The van der Waals surface area contributed by atoms with Gasteiger partial charge in [0.25, 0.3) is 5.56 Å². The van der Waals surface area contributed by atoms with Crippen molar-refractivity contribution in [1.82, 2.24) is 9.97 Å². The molecule has 0 spiro atoms. The topological polar surface area (TPSA) is 92.3 Å². The number of carbonyl (C=O) groups is 1. The zero-order valence-corrected chi connectivity index (χ0v) is 11.8. The van der Waals surface area contributed by atoms with E-state index >= 15 is 0 Å². The summed E-state index contributed by atoms with van der Waals surface area (Å²) in [4.78, 5) is 29.0. The Balaban J connectivity index is 2.45. The summed E-state index contributed by atoms with van der Waals surface area (Å²) >= 11 is 0. The zero-order valence-electron chi connectivity index (χ0n) is 11.8. The van der Waals surface area contributed by atoms with Crippen molar-refractivity contribution in [1.29, 1.82) is 0 Å². The molecule has 0 unspecified atom stereocenters. The van der Waals surface area contributed by atoms with Gasteiger partial charge in [-0.25, -0.2) is 9.78 Å². The Morgan fingerprint density at radius 3 is 2.76 bits per heavy atom. The molecule has 0 bridgehead atoms. The summed E-state index contributed by atoms with van der Waals surface area (Å²) in [6, 6.07) is 7.16. The van der Waals surface area contributed by atoms with Crippen molar-refractivity contribution in [3.8, 4) is 17.1 Å². The van der Waals surface area contributed by atoms with Gasteiger partial charge in [0.1, 0.15) is 17.1 Å². The van der Waals surface area contributed by atoms with Gasteiger partial charge in [0.05, 0.1) is 11.7 Å². The molecule has 0 saturated carbocycles. The van der Waals surface area contributed by atoms with Crippen LogP contribution >= 0.6 is 0 Å². The minimum atomic E-state index is -1.31. The molecule has 0 saturated heterocycles. The van der Waals surface area contributed by atoms with Crippen molar-refractivity contribution in [2.45, 2.75) is 26.4 Å². The van der Waals surface area contributed by atoms with Crippen molar-refractivity contribution in [3.05, 3.63) is 46.4 Å². The van der Waals surface area contributed by atoms with Crippen molar-refractivity contribution in [2.24, 2.45) is 0 Å². The van der Waals surface area contributed by atoms with Crippen LogP contribution in [0.3, 0.4) is 0 Å². The van der Waals surface area contributed by atoms with Crippen LogP contribution in [0.15, 0.2) is 35.3 Å². The predicted octanol–water partition coefficient (Wildman–Crippen LogP) is 2.31. The van der Waals surface area contributed by atoms with Gasteiger partial charge in [-0.2, -0.15) is 0 Å². The average molecular weight is 288 g/mol. The molecule has 0 radical (unpaired) electrons. The minimum absolute atomic E-state index is 0.0242. The van der Waals surface area contributed by atoms with E-state index in [-0.39, 0.29) is 17.5 Å². The van der Waals surface area contributed by atoms with Crippen LogP contribution < -0.4 is 10.3 Å². The Kier molecular flexibility index (Phi) is 4.37. The lowest BCUT2D eigenvalue weighted by Gasteiger charge is -2.15. The van der Waals surface area contributed by atoms with Gasteiger partial charge in [0.15, 0.2) is 0 Å². The second-order valence-corrected chi connectivity index (χ2v) is 4.61. The predicted molar refractivity (Wildman–Crippen MR) is 77.6 cm³/mol. The quantitative estimate of drug-likeness (QED) is 0.880. The fourth-order valence-corrected chi connectivity index (χ4v) is 1.75. The van der Waals surface area contributed by atoms with Crippen molar-refractivity contribution in [2.75, 3.05) is 0 Å². The number of carboxylic acid groups (broad SMARTS) is 1. The van der Waals surface area contributed by atoms with Gasteiger partial charge in [0.2, 0.25) is 0 Å². The number of hydrogen-bond donors (Lipinski definition) is 2. The van der Waals surface area contributed by atoms with E-state index < -0.39 is 11.5 Å². The third kappa shape index (κ3) is 3.28. The molecule has 6 heteroatoms. The summed E-state index contributed by atoms with van der Waals surface area (Å²) in [5, 5.41) is 8.85. The number of rotatable bonds is 5. The Labute approximate surface area is 121 Å². The van der Waals surface area contributed by atoms with E-state index in [1.54, 1.807) is 18.2 Å². The van der Waals surface area contributed by atoms with E-state index in [0.717, 1.165) is 12.6 Å². The van der Waals surface area contributed by atoms with E-state index in [1.807, 2.05) is 19.9 Å². The smallest absolute Gasteiger partial charge is 0.342 e. The van der Waals surface area contributed by atoms with Crippen LogP contribution in [0.1, 0.15) is 30.6 Å². The molecule has 2 N–H and O–H groups in total. The maximum atomic E-state index is 11.7. The van der Waals surface area contributed by atoms with E-state index in [0.29, 0.717) is 11.3 Å². The van der Waals surface area contributed by atoms with Crippen LogP contribution in [0, 0.1) is 0 Å². The van der Waals surface area contributed by atoms with E-state index in [2.05, 4.69) is 9.97 Å². The number of benzene rings is 1. The van der Waals surface area contributed by atoms with E-state index in [9.17, 15) is 9.59 Å². The average Bonchev–Trinajstić information content (AvgIpc) is 2.47. The molecular weight excluding hydrogens is 272 g/mol. The lowest BCUT2D eigenvalue weighted by molar-refractivity contribution is 0.0694. The van der Waals surface area contributed by atoms with Gasteiger partial charge in [-0.05, 0) is 25.5 Å². The summed E-state index contributed by atoms with van der Waals surface area (Å²) in [5.74, 6) is -0.429. The summed E-state index contributed by atoms with van der Waals surface area (Å²) in [6.45, 7) is 3.95. The Bertz CT molecular complexity index is 709. The molecule has 2 rings (SSSR count). The van der Waals surface area contributed by atoms with Gasteiger partial charge in [-0.15, -0.1) is 0 Å². The summed E-state index contributed by atoms with van der Waals surface area (Å²) in [5.41, 5.74) is -0.461. The molecular formula is C15H16N2O4. The van der Waals surface area contributed by atoms with Gasteiger partial charge < -0.3 is 14.8 Å². The van der Waals surface area contributed by atoms with Crippen LogP contribution in [0.4, 0.5) is 0 Å². The highest BCUT2D eigenvalue weighted by molar-refractivity contribution is 5.86. The SMILES string of the molecule is CC[C@H](C)Oc1ccccc1-c1ncc(C(=O)O)c(=O)[nH]1. The highest BCUT2D eigenvalue weighted by Crippen LogP contribution is 2.27. The first kappa shape index (κ1) is 14.8. The van der Waals surface area contributed by atoms with E-state index in [1.165, 1.54) is 0 Å². The number of para-hydroxylation sites is 1. The summed E-state index contributed by atoms with van der Waals surface area (Å²) in [6.07, 6.45) is 1.92. The number of ether oxygens (including phenoxy) is 1. The largest absolute Gasteiger partial charge is 0.490 e. The monoisotopic (exact) mass is 288 g/mol.